The van der Waals surface area contributed by atoms with Crippen LogP contribution in [-0.2, 0) is 4.79 Å². The monoisotopic (exact) mass is 292 g/mol. The lowest BCUT2D eigenvalue weighted by Gasteiger charge is -2.18. The summed E-state index contributed by atoms with van der Waals surface area (Å²) in [6.07, 6.45) is 0.197. The Hall–Kier alpha value is -2.37. The summed E-state index contributed by atoms with van der Waals surface area (Å²) in [7, 11) is 0. The van der Waals surface area contributed by atoms with E-state index in [1.54, 1.807) is 17.0 Å². The molecule has 6 heteroatoms. The molecule has 0 bridgehead atoms. The lowest BCUT2D eigenvalue weighted by Crippen LogP contribution is -2.34. The molecule has 1 rings (SSSR count). The van der Waals surface area contributed by atoms with E-state index in [0.29, 0.717) is 13.1 Å². The number of nitrogens with one attached hydrogen (secondary N) is 1. The second kappa shape index (κ2) is 8.04. The minimum Gasteiger partial charge on any atom is -0.478 e. The maximum Gasteiger partial charge on any atom is 0.336 e. The number of nitrogens with zero attached hydrogens (tertiary/aromatic N) is 1. The summed E-state index contributed by atoms with van der Waals surface area (Å²) in [5.74, 6) is -1.67. The molecule has 114 valence electrons. The molecule has 0 fully saturated rings. The first-order valence-corrected chi connectivity index (χ1v) is 6.89. The molecule has 21 heavy (non-hydrogen) atoms. The number of hydrogen-bond donors (Lipinski definition) is 2. The first kappa shape index (κ1) is 16.7. The minimum atomic E-state index is -1.15. The SMILES string of the molecule is CCN(CC)C(=O)CCNC(=O)c1ccccc1C(=O)O. The lowest BCUT2D eigenvalue weighted by atomic mass is 10.1. The maximum absolute atomic E-state index is 12.0. The third kappa shape index (κ3) is 4.59. The molecule has 0 atom stereocenters. The fourth-order valence-corrected chi connectivity index (χ4v) is 1.98. The van der Waals surface area contributed by atoms with Crippen molar-refractivity contribution in [2.45, 2.75) is 20.3 Å². The predicted octanol–water partition coefficient (Wildman–Crippen LogP) is 1.37. The number of aromatic carboxylic acids is 1. The zero-order valence-corrected chi connectivity index (χ0v) is 12.3. The topological polar surface area (TPSA) is 86.7 Å². The second-order valence-corrected chi connectivity index (χ2v) is 4.42. The Kier molecular flexibility index (Phi) is 6.39. The van der Waals surface area contributed by atoms with Gasteiger partial charge in [-0.1, -0.05) is 12.1 Å². The average Bonchev–Trinajstić information content (AvgIpc) is 2.48. The van der Waals surface area contributed by atoms with Crippen molar-refractivity contribution in [2.75, 3.05) is 19.6 Å². The van der Waals surface area contributed by atoms with Crippen LogP contribution in [0.5, 0.6) is 0 Å². The molecule has 0 aromatic heterocycles. The van der Waals surface area contributed by atoms with Crippen molar-refractivity contribution < 1.29 is 19.5 Å². The summed E-state index contributed by atoms with van der Waals surface area (Å²) in [5.41, 5.74) is 0.0466. The molecule has 0 unspecified atom stereocenters. The van der Waals surface area contributed by atoms with E-state index in [1.165, 1.54) is 12.1 Å². The first-order chi connectivity index (χ1) is 10.0. The molecule has 0 radical (unpaired) electrons. The largest absolute Gasteiger partial charge is 0.478 e. The lowest BCUT2D eigenvalue weighted by molar-refractivity contribution is -0.130. The average molecular weight is 292 g/mol. The van der Waals surface area contributed by atoms with Gasteiger partial charge in [-0.2, -0.15) is 0 Å². The summed E-state index contributed by atoms with van der Waals surface area (Å²) < 4.78 is 0. The Morgan fingerprint density at radius 1 is 1.10 bits per heavy atom. The highest BCUT2D eigenvalue weighted by Crippen LogP contribution is 2.08. The molecular formula is C15H20N2O4. The highest BCUT2D eigenvalue weighted by atomic mass is 16.4. The van der Waals surface area contributed by atoms with Crippen molar-refractivity contribution >= 4 is 17.8 Å². The number of hydrogen-bond acceptors (Lipinski definition) is 3. The number of carbonyl (C=O) groups excluding carboxylic acids is 2. The van der Waals surface area contributed by atoms with Gasteiger partial charge in [0, 0.05) is 26.1 Å². The second-order valence-electron chi connectivity index (χ2n) is 4.42. The quantitative estimate of drug-likeness (QED) is 0.794. The molecule has 0 aliphatic carbocycles. The molecule has 6 nitrogen and oxygen atoms in total. The molecule has 2 N–H and O–H groups in total. The van der Waals surface area contributed by atoms with E-state index in [0.717, 1.165) is 0 Å². The molecule has 0 saturated carbocycles. The van der Waals surface area contributed by atoms with Crippen LogP contribution in [0.2, 0.25) is 0 Å². The Bertz CT molecular complexity index is 524. The highest BCUT2D eigenvalue weighted by Gasteiger charge is 2.16. The number of carboxylic acids is 1. The molecule has 1 aromatic rings. The molecule has 0 heterocycles. The molecule has 0 spiro atoms. The van der Waals surface area contributed by atoms with Gasteiger partial charge in [0.15, 0.2) is 0 Å². The summed E-state index contributed by atoms with van der Waals surface area (Å²) in [6.45, 7) is 5.23. The van der Waals surface area contributed by atoms with Gasteiger partial charge in [0.25, 0.3) is 5.91 Å². The molecule has 2 amide bonds. The van der Waals surface area contributed by atoms with E-state index >= 15 is 0 Å². The van der Waals surface area contributed by atoms with E-state index in [-0.39, 0.29) is 30.0 Å². The van der Waals surface area contributed by atoms with Crippen LogP contribution in [0.25, 0.3) is 0 Å². The number of rotatable bonds is 7. The van der Waals surface area contributed by atoms with Gasteiger partial charge in [-0.05, 0) is 26.0 Å². The van der Waals surface area contributed by atoms with Crippen LogP contribution in [0.4, 0.5) is 0 Å². The highest BCUT2D eigenvalue weighted by molar-refractivity contribution is 6.04. The van der Waals surface area contributed by atoms with Crippen molar-refractivity contribution in [1.82, 2.24) is 10.2 Å². The third-order valence-corrected chi connectivity index (χ3v) is 3.14. The van der Waals surface area contributed by atoms with E-state index in [9.17, 15) is 14.4 Å². The van der Waals surface area contributed by atoms with Crippen LogP contribution in [0.1, 0.15) is 41.0 Å². The fourth-order valence-electron chi connectivity index (χ4n) is 1.98. The van der Waals surface area contributed by atoms with Gasteiger partial charge < -0.3 is 15.3 Å². The zero-order chi connectivity index (χ0) is 15.8. The van der Waals surface area contributed by atoms with Crippen molar-refractivity contribution in [1.29, 1.82) is 0 Å². The molecule has 0 saturated heterocycles. The molecule has 1 aromatic carbocycles. The Labute approximate surface area is 123 Å². The van der Waals surface area contributed by atoms with Crippen LogP contribution in [-0.4, -0.2) is 47.4 Å². The normalized spacial score (nSPS) is 10.0. The van der Waals surface area contributed by atoms with E-state index in [4.69, 9.17) is 5.11 Å². The molecule has 0 aliphatic rings. The number of amides is 2. The van der Waals surface area contributed by atoms with Crippen molar-refractivity contribution in [3.8, 4) is 0 Å². The Balaban J connectivity index is 2.59. The van der Waals surface area contributed by atoms with Crippen molar-refractivity contribution in [2.24, 2.45) is 0 Å². The van der Waals surface area contributed by atoms with Crippen LogP contribution >= 0.6 is 0 Å². The van der Waals surface area contributed by atoms with E-state index < -0.39 is 11.9 Å². The van der Waals surface area contributed by atoms with Gasteiger partial charge in [-0.3, -0.25) is 9.59 Å². The number of benzene rings is 1. The van der Waals surface area contributed by atoms with Crippen LogP contribution in [0, 0.1) is 0 Å². The van der Waals surface area contributed by atoms with Crippen LogP contribution in [0.3, 0.4) is 0 Å². The van der Waals surface area contributed by atoms with Gasteiger partial charge in [-0.15, -0.1) is 0 Å². The smallest absolute Gasteiger partial charge is 0.336 e. The van der Waals surface area contributed by atoms with Crippen molar-refractivity contribution in [3.63, 3.8) is 0 Å². The Morgan fingerprint density at radius 3 is 2.19 bits per heavy atom. The zero-order valence-electron chi connectivity index (χ0n) is 12.3. The van der Waals surface area contributed by atoms with Gasteiger partial charge in [-0.25, -0.2) is 4.79 Å². The minimum absolute atomic E-state index is 0.0354. The van der Waals surface area contributed by atoms with E-state index in [1.807, 2.05) is 13.8 Å². The summed E-state index contributed by atoms with van der Waals surface area (Å²) in [6, 6.07) is 5.98. The van der Waals surface area contributed by atoms with Crippen molar-refractivity contribution in [3.05, 3.63) is 35.4 Å². The third-order valence-electron chi connectivity index (χ3n) is 3.14. The first-order valence-electron chi connectivity index (χ1n) is 6.89. The maximum atomic E-state index is 12.0. The van der Waals surface area contributed by atoms with Gasteiger partial charge >= 0.3 is 5.97 Å². The molecule has 0 aliphatic heterocycles. The van der Waals surface area contributed by atoms with E-state index in [2.05, 4.69) is 5.32 Å². The Morgan fingerprint density at radius 2 is 1.67 bits per heavy atom. The predicted molar refractivity (Wildman–Crippen MR) is 78.3 cm³/mol. The fraction of sp³-hybridized carbons (Fsp3) is 0.400. The number of carbonyl (C=O) groups is 3. The van der Waals surface area contributed by atoms with Crippen LogP contribution < -0.4 is 5.32 Å². The number of carboxylic acid groups (broad SMARTS) is 1. The summed E-state index contributed by atoms with van der Waals surface area (Å²) in [5, 5.41) is 11.6. The van der Waals surface area contributed by atoms with Gasteiger partial charge in [0.1, 0.15) is 0 Å². The van der Waals surface area contributed by atoms with Crippen LogP contribution in [0.15, 0.2) is 24.3 Å². The van der Waals surface area contributed by atoms with Gasteiger partial charge in [0.2, 0.25) is 5.91 Å². The molecular weight excluding hydrogens is 272 g/mol. The standard InChI is InChI=1S/C15H20N2O4/c1-3-17(4-2)13(18)9-10-16-14(19)11-7-5-6-8-12(11)15(20)21/h5-8H,3-4,9-10H2,1-2H3,(H,16,19)(H,20,21). The summed E-state index contributed by atoms with van der Waals surface area (Å²) >= 11 is 0. The van der Waals surface area contributed by atoms with Gasteiger partial charge in [0.05, 0.1) is 11.1 Å². The summed E-state index contributed by atoms with van der Waals surface area (Å²) in [4.78, 5) is 36.5.